The normalized spacial score (nSPS) is 14.2. The van der Waals surface area contributed by atoms with Crippen molar-refractivity contribution in [2.24, 2.45) is 17.8 Å². The number of carbonyl (C=O) groups excluding carboxylic acids is 4. The zero-order valence-corrected chi connectivity index (χ0v) is 60.4. The molecule has 90 heavy (non-hydrogen) atoms. The molecule has 5 atom stereocenters. The van der Waals surface area contributed by atoms with Gasteiger partial charge < -0.3 is 33.8 Å². The third kappa shape index (κ3) is 64.8. The van der Waals surface area contributed by atoms with Gasteiger partial charge in [-0.1, -0.05) is 305 Å². The monoisotopic (exact) mass is 1320 g/mol. The summed E-state index contributed by atoms with van der Waals surface area (Å²) in [7, 11) is -9.90. The number of hydrogen-bond donors (Lipinski definition) is 3. The molecule has 0 fully saturated rings. The Bertz CT molecular complexity index is 1770. The fraction of sp³-hybridized carbons (Fsp3) is 0.944. The molecule has 0 amide bonds. The topological polar surface area (TPSA) is 237 Å². The standard InChI is InChI=1S/C71H138O17P2/c1-8-9-10-11-12-13-14-15-16-17-18-19-20-25-31-40-47-54-70(75)87-66(58-81-68(73)52-45-38-30-26-21-23-28-35-42-49-62(2)3)60-85-89(77,78)83-56-65(72)57-84-90(79,80)86-61-67(59-82-69(74)53-46-39-34-33-37-44-51-64(6)7)88-71(76)55-48-41-32-27-22-24-29-36-43-50-63(4)5/h62-67,72H,8-61H2,1-7H3,(H,77,78)(H,79,80)/t65-,66-,67-/m1/s1. The average molecular weight is 1330 g/mol. The molecule has 0 heterocycles. The zero-order chi connectivity index (χ0) is 66.6. The lowest BCUT2D eigenvalue weighted by atomic mass is 10.0. The summed E-state index contributed by atoms with van der Waals surface area (Å²) < 4.78 is 68.3. The summed E-state index contributed by atoms with van der Waals surface area (Å²) in [4.78, 5) is 72.5. The molecule has 0 aromatic rings. The van der Waals surface area contributed by atoms with Crippen LogP contribution in [0.25, 0.3) is 0 Å². The molecule has 3 N–H and O–H groups in total. The van der Waals surface area contributed by atoms with Crippen LogP contribution in [0.2, 0.25) is 0 Å². The zero-order valence-electron chi connectivity index (χ0n) is 58.6. The highest BCUT2D eigenvalue weighted by molar-refractivity contribution is 7.47. The summed E-state index contributed by atoms with van der Waals surface area (Å²) >= 11 is 0. The molecule has 0 rings (SSSR count). The van der Waals surface area contributed by atoms with Crippen LogP contribution in [0.3, 0.4) is 0 Å². The van der Waals surface area contributed by atoms with Crippen LogP contribution in [-0.2, 0) is 65.4 Å². The van der Waals surface area contributed by atoms with Gasteiger partial charge in [-0.15, -0.1) is 0 Å². The van der Waals surface area contributed by atoms with Crippen molar-refractivity contribution in [1.29, 1.82) is 0 Å². The number of unbranched alkanes of at least 4 members (excludes halogenated alkanes) is 37. The van der Waals surface area contributed by atoms with Crippen molar-refractivity contribution in [2.45, 2.75) is 375 Å². The second-order valence-corrected chi connectivity index (χ2v) is 30.0. The van der Waals surface area contributed by atoms with Crippen LogP contribution >= 0.6 is 15.6 Å². The summed E-state index contributed by atoms with van der Waals surface area (Å²) in [6.45, 7) is 11.7. The van der Waals surface area contributed by atoms with Crippen molar-refractivity contribution >= 4 is 39.5 Å². The van der Waals surface area contributed by atoms with Gasteiger partial charge in [-0.05, 0) is 43.4 Å². The highest BCUT2D eigenvalue weighted by Crippen LogP contribution is 2.45. The van der Waals surface area contributed by atoms with Gasteiger partial charge in [0.05, 0.1) is 26.4 Å². The average Bonchev–Trinajstić information content (AvgIpc) is 3.71. The Morgan fingerprint density at radius 2 is 0.511 bits per heavy atom. The van der Waals surface area contributed by atoms with Crippen LogP contribution in [0.1, 0.15) is 357 Å². The number of ether oxygens (including phenoxy) is 4. The molecule has 0 saturated heterocycles. The minimum Gasteiger partial charge on any atom is -0.462 e. The van der Waals surface area contributed by atoms with Crippen molar-refractivity contribution in [3.63, 3.8) is 0 Å². The number of rotatable bonds is 69. The number of carbonyl (C=O) groups is 4. The lowest BCUT2D eigenvalue weighted by Gasteiger charge is -2.21. The van der Waals surface area contributed by atoms with Gasteiger partial charge >= 0.3 is 39.5 Å². The number of esters is 4. The van der Waals surface area contributed by atoms with Gasteiger partial charge in [-0.2, -0.15) is 0 Å². The van der Waals surface area contributed by atoms with Gasteiger partial charge in [0, 0.05) is 25.7 Å². The van der Waals surface area contributed by atoms with Gasteiger partial charge in [0.15, 0.2) is 12.2 Å². The van der Waals surface area contributed by atoms with Gasteiger partial charge in [0.25, 0.3) is 0 Å². The first kappa shape index (κ1) is 88.1. The van der Waals surface area contributed by atoms with E-state index in [9.17, 15) is 43.2 Å². The first-order valence-electron chi connectivity index (χ1n) is 36.8. The number of phosphoric ester groups is 2. The van der Waals surface area contributed by atoms with Crippen LogP contribution in [0.5, 0.6) is 0 Å². The highest BCUT2D eigenvalue weighted by atomic mass is 31.2. The van der Waals surface area contributed by atoms with Crippen molar-refractivity contribution in [3.05, 3.63) is 0 Å². The third-order valence-corrected chi connectivity index (χ3v) is 18.3. The molecule has 2 unspecified atom stereocenters. The van der Waals surface area contributed by atoms with Gasteiger partial charge in [-0.25, -0.2) is 9.13 Å². The van der Waals surface area contributed by atoms with Crippen LogP contribution in [-0.4, -0.2) is 96.7 Å². The molecule has 0 bridgehead atoms. The predicted molar refractivity (Wildman–Crippen MR) is 363 cm³/mol. The summed E-state index contributed by atoms with van der Waals surface area (Å²) in [5.74, 6) is 0.0322. The van der Waals surface area contributed by atoms with Crippen molar-refractivity contribution in [3.8, 4) is 0 Å². The Morgan fingerprint density at radius 1 is 0.300 bits per heavy atom. The Labute approximate surface area is 549 Å². The van der Waals surface area contributed by atoms with E-state index in [1.165, 1.54) is 161 Å². The molecule has 0 aliphatic heterocycles. The molecule has 534 valence electrons. The second-order valence-electron chi connectivity index (χ2n) is 27.1. The molecule has 0 spiro atoms. The minimum atomic E-state index is -4.95. The van der Waals surface area contributed by atoms with Crippen molar-refractivity contribution < 1.29 is 80.2 Å². The van der Waals surface area contributed by atoms with Crippen LogP contribution in [0.15, 0.2) is 0 Å². The number of aliphatic hydroxyl groups excluding tert-OH is 1. The van der Waals surface area contributed by atoms with E-state index in [0.29, 0.717) is 31.6 Å². The van der Waals surface area contributed by atoms with Gasteiger partial charge in [0.1, 0.15) is 19.3 Å². The van der Waals surface area contributed by atoms with Crippen molar-refractivity contribution in [1.82, 2.24) is 0 Å². The number of hydrogen-bond acceptors (Lipinski definition) is 15. The van der Waals surface area contributed by atoms with E-state index >= 15 is 0 Å². The van der Waals surface area contributed by atoms with E-state index in [1.807, 2.05) is 0 Å². The molecular formula is C71H138O17P2. The van der Waals surface area contributed by atoms with Crippen LogP contribution < -0.4 is 0 Å². The molecule has 17 nitrogen and oxygen atoms in total. The van der Waals surface area contributed by atoms with E-state index < -0.39 is 97.5 Å². The Kier molecular flexibility index (Phi) is 60.6. The Morgan fingerprint density at radius 3 is 0.756 bits per heavy atom. The third-order valence-electron chi connectivity index (χ3n) is 16.4. The summed E-state index contributed by atoms with van der Waals surface area (Å²) in [5.41, 5.74) is 0. The lowest BCUT2D eigenvalue weighted by molar-refractivity contribution is -0.161. The Hall–Kier alpha value is -1.94. The van der Waals surface area contributed by atoms with E-state index in [2.05, 4.69) is 48.5 Å². The van der Waals surface area contributed by atoms with Crippen LogP contribution in [0.4, 0.5) is 0 Å². The molecule has 0 aromatic carbocycles. The number of phosphoric acid groups is 2. The summed E-state index contributed by atoms with van der Waals surface area (Å²) in [5, 5.41) is 10.6. The van der Waals surface area contributed by atoms with E-state index in [-0.39, 0.29) is 25.7 Å². The van der Waals surface area contributed by atoms with E-state index in [1.54, 1.807) is 0 Å². The highest BCUT2D eigenvalue weighted by Gasteiger charge is 2.30. The molecule has 0 aliphatic carbocycles. The maximum atomic E-state index is 13.0. The van der Waals surface area contributed by atoms with Gasteiger partial charge in [-0.3, -0.25) is 37.3 Å². The largest absolute Gasteiger partial charge is 0.472 e. The molecule has 0 radical (unpaired) electrons. The van der Waals surface area contributed by atoms with E-state index in [0.717, 1.165) is 108 Å². The molecule has 0 aliphatic rings. The quantitative estimate of drug-likeness (QED) is 0.0222. The molecule has 19 heteroatoms. The lowest BCUT2D eigenvalue weighted by Crippen LogP contribution is -2.30. The number of aliphatic hydroxyl groups is 1. The fourth-order valence-corrected chi connectivity index (χ4v) is 12.3. The maximum Gasteiger partial charge on any atom is 0.472 e. The fourth-order valence-electron chi connectivity index (χ4n) is 10.7. The van der Waals surface area contributed by atoms with Gasteiger partial charge in [0.2, 0.25) is 0 Å². The minimum absolute atomic E-state index is 0.104. The predicted octanol–water partition coefficient (Wildman–Crippen LogP) is 20.2. The van der Waals surface area contributed by atoms with Crippen molar-refractivity contribution in [2.75, 3.05) is 39.6 Å². The molecular weight excluding hydrogens is 1190 g/mol. The first-order chi connectivity index (χ1) is 43.2. The first-order valence-corrected chi connectivity index (χ1v) is 39.8. The molecule has 0 aromatic heterocycles. The van der Waals surface area contributed by atoms with E-state index in [4.69, 9.17) is 37.0 Å². The summed E-state index contributed by atoms with van der Waals surface area (Å²) in [6, 6.07) is 0. The summed E-state index contributed by atoms with van der Waals surface area (Å²) in [6.07, 6.45) is 46.0. The maximum absolute atomic E-state index is 13.0. The Balaban J connectivity index is 5.23. The van der Waals surface area contributed by atoms with Crippen LogP contribution in [0, 0.1) is 17.8 Å². The SMILES string of the molecule is CCCCCCCCCCCCCCCCCCCC(=O)O[C@H](COC(=O)CCCCCCCCCCCC(C)C)COP(=O)(O)OC[C@@H](O)COP(=O)(O)OC[C@@H](COC(=O)CCCCCCCCC(C)C)OC(=O)CCCCCCCCCCCC(C)C. The molecule has 0 saturated carbocycles. The smallest absolute Gasteiger partial charge is 0.462 e. The second kappa shape index (κ2) is 61.9.